The summed E-state index contributed by atoms with van der Waals surface area (Å²) in [7, 11) is 0. The summed E-state index contributed by atoms with van der Waals surface area (Å²) in [5.74, 6) is -0.0707. The molecule has 0 saturated heterocycles. The maximum Gasteiger partial charge on any atom is 0.344 e. The van der Waals surface area contributed by atoms with E-state index in [0.717, 1.165) is 10.0 Å². The fourth-order valence-electron chi connectivity index (χ4n) is 1.29. The smallest absolute Gasteiger partial charge is 0.344 e. The molecule has 1 aromatic rings. The number of hydrogen-bond donors (Lipinski definition) is 0. The Bertz CT molecular complexity index is 429. The summed E-state index contributed by atoms with van der Waals surface area (Å²) in [6.45, 7) is 3.63. The zero-order valence-electron chi connectivity index (χ0n) is 9.66. The summed E-state index contributed by atoms with van der Waals surface area (Å²) in [5.41, 5.74) is 1.21. The van der Waals surface area contributed by atoms with Gasteiger partial charge >= 0.3 is 5.97 Å². The van der Waals surface area contributed by atoms with Crippen LogP contribution in [0, 0.1) is 6.92 Å². The molecule has 92 valence electrons. The number of rotatable bonds is 5. The molecule has 0 N–H and O–H groups in total. The standard InChI is InChI=1S/C12H13BrO4/c1-3-16-12(15)7-17-11-5-4-10(13)8(2)9(11)6-14/h4-6H,3,7H2,1-2H3. The van der Waals surface area contributed by atoms with Crippen LogP contribution in [0.25, 0.3) is 0 Å². The molecule has 5 heteroatoms. The van der Waals surface area contributed by atoms with E-state index in [4.69, 9.17) is 9.47 Å². The number of benzene rings is 1. The van der Waals surface area contributed by atoms with Gasteiger partial charge < -0.3 is 9.47 Å². The van der Waals surface area contributed by atoms with E-state index in [1.165, 1.54) is 0 Å². The van der Waals surface area contributed by atoms with Gasteiger partial charge in [-0.15, -0.1) is 0 Å². The van der Waals surface area contributed by atoms with Crippen LogP contribution in [-0.4, -0.2) is 25.5 Å². The first-order chi connectivity index (χ1) is 8.10. The second-order valence-corrected chi connectivity index (χ2v) is 4.15. The van der Waals surface area contributed by atoms with Gasteiger partial charge in [0.15, 0.2) is 12.9 Å². The minimum absolute atomic E-state index is 0.199. The Labute approximate surface area is 108 Å². The summed E-state index contributed by atoms with van der Waals surface area (Å²) in [6.07, 6.45) is 0.709. The van der Waals surface area contributed by atoms with Crippen LogP contribution < -0.4 is 4.74 Å². The lowest BCUT2D eigenvalue weighted by molar-refractivity contribution is -0.145. The van der Waals surface area contributed by atoms with Gasteiger partial charge in [0, 0.05) is 4.47 Å². The van der Waals surface area contributed by atoms with Crippen LogP contribution in [0.5, 0.6) is 5.75 Å². The molecule has 4 nitrogen and oxygen atoms in total. The van der Waals surface area contributed by atoms with Gasteiger partial charge in [0.1, 0.15) is 5.75 Å². The second kappa shape index (κ2) is 6.39. The van der Waals surface area contributed by atoms with Crippen LogP contribution in [0.15, 0.2) is 16.6 Å². The SMILES string of the molecule is CCOC(=O)COc1ccc(Br)c(C)c1C=O. The summed E-state index contributed by atoms with van der Waals surface area (Å²) in [6, 6.07) is 3.41. The highest BCUT2D eigenvalue weighted by Crippen LogP contribution is 2.26. The number of aldehydes is 1. The molecular formula is C12H13BrO4. The molecule has 0 aromatic heterocycles. The van der Waals surface area contributed by atoms with Gasteiger partial charge in [0.25, 0.3) is 0 Å². The Morgan fingerprint density at radius 1 is 1.47 bits per heavy atom. The Hall–Kier alpha value is -1.36. The van der Waals surface area contributed by atoms with Gasteiger partial charge in [-0.05, 0) is 31.5 Å². The third kappa shape index (κ3) is 3.56. The van der Waals surface area contributed by atoms with Crippen LogP contribution in [-0.2, 0) is 9.53 Å². The average molecular weight is 301 g/mol. The van der Waals surface area contributed by atoms with Gasteiger partial charge in [-0.25, -0.2) is 4.79 Å². The molecule has 0 fully saturated rings. The molecule has 0 amide bonds. The molecule has 0 aliphatic heterocycles. The van der Waals surface area contributed by atoms with Crippen LogP contribution in [0.4, 0.5) is 0 Å². The highest BCUT2D eigenvalue weighted by molar-refractivity contribution is 9.10. The Balaban J connectivity index is 2.81. The van der Waals surface area contributed by atoms with Crippen LogP contribution >= 0.6 is 15.9 Å². The molecule has 0 atom stereocenters. The lowest BCUT2D eigenvalue weighted by Crippen LogP contribution is -2.15. The van der Waals surface area contributed by atoms with Gasteiger partial charge in [-0.3, -0.25) is 4.79 Å². The predicted molar refractivity (Wildman–Crippen MR) is 66.4 cm³/mol. The van der Waals surface area contributed by atoms with Crippen molar-refractivity contribution in [3.05, 3.63) is 27.7 Å². The van der Waals surface area contributed by atoms with Gasteiger partial charge in [0.05, 0.1) is 12.2 Å². The van der Waals surface area contributed by atoms with Crippen molar-refractivity contribution in [1.29, 1.82) is 0 Å². The molecule has 0 bridgehead atoms. The van der Waals surface area contributed by atoms with E-state index in [0.29, 0.717) is 24.2 Å². The third-order valence-corrected chi connectivity index (χ3v) is 3.04. The number of hydrogen-bond acceptors (Lipinski definition) is 4. The van der Waals surface area contributed by atoms with Gasteiger partial charge in [-0.1, -0.05) is 15.9 Å². The lowest BCUT2D eigenvalue weighted by atomic mass is 10.1. The topological polar surface area (TPSA) is 52.6 Å². The highest BCUT2D eigenvalue weighted by Gasteiger charge is 2.11. The predicted octanol–water partition coefficient (Wildman–Crippen LogP) is 2.51. The summed E-state index contributed by atoms with van der Waals surface area (Å²) in [4.78, 5) is 22.1. The molecule has 1 aromatic carbocycles. The van der Waals surface area contributed by atoms with E-state index in [1.807, 2.05) is 0 Å². The first-order valence-corrected chi connectivity index (χ1v) is 5.92. The minimum Gasteiger partial charge on any atom is -0.481 e. The molecule has 0 saturated carbocycles. The van der Waals surface area contributed by atoms with Gasteiger partial charge in [0.2, 0.25) is 0 Å². The quantitative estimate of drug-likeness (QED) is 0.619. The Morgan fingerprint density at radius 2 is 2.18 bits per heavy atom. The fraction of sp³-hybridized carbons (Fsp3) is 0.333. The zero-order valence-corrected chi connectivity index (χ0v) is 11.2. The zero-order chi connectivity index (χ0) is 12.8. The average Bonchev–Trinajstić information content (AvgIpc) is 2.31. The van der Waals surface area contributed by atoms with Crippen molar-refractivity contribution >= 4 is 28.2 Å². The molecule has 0 radical (unpaired) electrons. The molecule has 17 heavy (non-hydrogen) atoms. The molecule has 0 heterocycles. The second-order valence-electron chi connectivity index (χ2n) is 3.30. The third-order valence-electron chi connectivity index (χ3n) is 2.18. The Morgan fingerprint density at radius 3 is 2.76 bits per heavy atom. The molecule has 0 aliphatic rings. The van der Waals surface area contributed by atoms with Crippen LogP contribution in [0.1, 0.15) is 22.8 Å². The fourth-order valence-corrected chi connectivity index (χ4v) is 1.63. The number of carbonyl (C=O) groups is 2. The van der Waals surface area contributed by atoms with Crippen molar-refractivity contribution < 1.29 is 19.1 Å². The van der Waals surface area contributed by atoms with E-state index < -0.39 is 5.97 Å². The number of halogens is 1. The van der Waals surface area contributed by atoms with E-state index >= 15 is 0 Å². The maximum absolute atomic E-state index is 11.1. The minimum atomic E-state index is -0.454. The molecular weight excluding hydrogens is 288 g/mol. The largest absolute Gasteiger partial charge is 0.481 e. The molecule has 0 aliphatic carbocycles. The van der Waals surface area contributed by atoms with Crippen molar-refractivity contribution in [2.24, 2.45) is 0 Å². The van der Waals surface area contributed by atoms with Gasteiger partial charge in [-0.2, -0.15) is 0 Å². The van der Waals surface area contributed by atoms with Crippen LogP contribution in [0.2, 0.25) is 0 Å². The number of ether oxygens (including phenoxy) is 2. The normalized spacial score (nSPS) is 9.82. The van der Waals surface area contributed by atoms with E-state index in [1.54, 1.807) is 26.0 Å². The van der Waals surface area contributed by atoms with E-state index in [9.17, 15) is 9.59 Å². The lowest BCUT2D eigenvalue weighted by Gasteiger charge is -2.10. The monoisotopic (exact) mass is 300 g/mol. The first-order valence-electron chi connectivity index (χ1n) is 5.12. The van der Waals surface area contributed by atoms with Crippen molar-refractivity contribution in [3.63, 3.8) is 0 Å². The van der Waals surface area contributed by atoms with Crippen LogP contribution in [0.3, 0.4) is 0 Å². The van der Waals surface area contributed by atoms with Crippen molar-refractivity contribution in [2.45, 2.75) is 13.8 Å². The Kier molecular flexibility index (Phi) is 5.15. The van der Waals surface area contributed by atoms with E-state index in [-0.39, 0.29) is 6.61 Å². The molecule has 0 unspecified atom stereocenters. The summed E-state index contributed by atoms with van der Waals surface area (Å²) in [5, 5.41) is 0. The first kappa shape index (κ1) is 13.7. The summed E-state index contributed by atoms with van der Waals surface area (Å²) < 4.78 is 10.8. The molecule has 0 spiro atoms. The number of carbonyl (C=O) groups excluding carboxylic acids is 2. The summed E-state index contributed by atoms with van der Waals surface area (Å²) >= 11 is 3.32. The number of esters is 1. The highest BCUT2D eigenvalue weighted by atomic mass is 79.9. The molecule has 1 rings (SSSR count). The van der Waals surface area contributed by atoms with Crippen molar-refractivity contribution in [2.75, 3.05) is 13.2 Å². The maximum atomic E-state index is 11.1. The van der Waals surface area contributed by atoms with Crippen molar-refractivity contribution in [1.82, 2.24) is 0 Å². The van der Waals surface area contributed by atoms with E-state index in [2.05, 4.69) is 15.9 Å². The van der Waals surface area contributed by atoms with Crippen molar-refractivity contribution in [3.8, 4) is 5.75 Å².